The number of carbonyl (C=O) groups is 1. The standard InChI is InChI=1S/C20H26N4O/c1-13-10-14(2)19(15(3)11-13)23-18-12-17(21-16(4)22-18)20(25)24-8-6-5-7-9-24/h10-12H,5-9H2,1-4H3,(H,21,22,23). The minimum Gasteiger partial charge on any atom is -0.340 e. The lowest BCUT2D eigenvalue weighted by atomic mass is 10.1. The molecule has 25 heavy (non-hydrogen) atoms. The minimum absolute atomic E-state index is 0.00519. The van der Waals surface area contributed by atoms with Crippen molar-refractivity contribution in [3.8, 4) is 0 Å². The van der Waals surface area contributed by atoms with Crippen molar-refractivity contribution in [2.24, 2.45) is 0 Å². The number of anilines is 2. The SMILES string of the molecule is Cc1cc(C)c(Nc2cc(C(=O)N3CCCCC3)nc(C)n2)c(C)c1. The van der Waals surface area contributed by atoms with Gasteiger partial charge in [0.2, 0.25) is 0 Å². The number of likely N-dealkylation sites (tertiary alicyclic amines) is 1. The Morgan fingerprint density at radius 1 is 0.960 bits per heavy atom. The van der Waals surface area contributed by atoms with Crippen LogP contribution >= 0.6 is 0 Å². The van der Waals surface area contributed by atoms with Gasteiger partial charge in [0, 0.05) is 24.8 Å². The summed E-state index contributed by atoms with van der Waals surface area (Å²) < 4.78 is 0. The molecule has 1 N–H and O–H groups in total. The van der Waals surface area contributed by atoms with E-state index in [0.29, 0.717) is 17.3 Å². The molecule has 0 spiro atoms. The maximum absolute atomic E-state index is 12.7. The van der Waals surface area contributed by atoms with Gasteiger partial charge in [0.15, 0.2) is 0 Å². The van der Waals surface area contributed by atoms with Crippen molar-refractivity contribution in [2.45, 2.75) is 47.0 Å². The predicted molar refractivity (Wildman–Crippen MR) is 100 cm³/mol. The summed E-state index contributed by atoms with van der Waals surface area (Å²) in [6, 6.07) is 6.05. The Kier molecular flexibility index (Phi) is 5.02. The van der Waals surface area contributed by atoms with Gasteiger partial charge in [0.1, 0.15) is 17.3 Å². The summed E-state index contributed by atoms with van der Waals surface area (Å²) in [5.41, 5.74) is 5.08. The van der Waals surface area contributed by atoms with Crippen LogP contribution in [0.3, 0.4) is 0 Å². The fourth-order valence-electron chi connectivity index (χ4n) is 3.51. The molecule has 2 heterocycles. The van der Waals surface area contributed by atoms with Gasteiger partial charge in [-0.15, -0.1) is 0 Å². The summed E-state index contributed by atoms with van der Waals surface area (Å²) in [5, 5.41) is 3.38. The highest BCUT2D eigenvalue weighted by molar-refractivity contribution is 5.93. The van der Waals surface area contributed by atoms with Crippen LogP contribution in [-0.4, -0.2) is 33.9 Å². The second-order valence-corrected chi connectivity index (χ2v) is 6.94. The lowest BCUT2D eigenvalue weighted by Gasteiger charge is -2.26. The number of carbonyl (C=O) groups excluding carboxylic acids is 1. The highest BCUT2D eigenvalue weighted by Gasteiger charge is 2.20. The molecular formula is C20H26N4O. The van der Waals surface area contributed by atoms with Crippen LogP contribution in [0.1, 0.15) is 52.3 Å². The number of piperidine rings is 1. The van der Waals surface area contributed by atoms with E-state index in [1.807, 2.05) is 11.8 Å². The largest absolute Gasteiger partial charge is 0.340 e. The fraction of sp³-hybridized carbons (Fsp3) is 0.450. The van der Waals surface area contributed by atoms with Crippen LogP contribution in [-0.2, 0) is 0 Å². The first-order chi connectivity index (χ1) is 11.9. The average Bonchev–Trinajstić information content (AvgIpc) is 2.58. The van der Waals surface area contributed by atoms with E-state index in [1.165, 1.54) is 12.0 Å². The predicted octanol–water partition coefficient (Wildman–Crippen LogP) is 4.08. The molecule has 2 aromatic rings. The van der Waals surface area contributed by atoms with Gasteiger partial charge in [-0.3, -0.25) is 4.79 Å². The lowest BCUT2D eigenvalue weighted by Crippen LogP contribution is -2.36. The first kappa shape index (κ1) is 17.4. The number of amides is 1. The third-order valence-corrected chi connectivity index (χ3v) is 4.63. The van der Waals surface area contributed by atoms with E-state index in [-0.39, 0.29) is 5.91 Å². The van der Waals surface area contributed by atoms with Gasteiger partial charge < -0.3 is 10.2 Å². The van der Waals surface area contributed by atoms with Crippen molar-refractivity contribution in [2.75, 3.05) is 18.4 Å². The molecule has 1 aromatic heterocycles. The van der Waals surface area contributed by atoms with Gasteiger partial charge in [-0.1, -0.05) is 17.7 Å². The number of rotatable bonds is 3. The van der Waals surface area contributed by atoms with E-state index in [0.717, 1.165) is 42.7 Å². The summed E-state index contributed by atoms with van der Waals surface area (Å²) >= 11 is 0. The number of nitrogens with zero attached hydrogens (tertiary/aromatic N) is 3. The number of aromatic nitrogens is 2. The second kappa shape index (κ2) is 7.21. The molecule has 1 aliphatic rings. The van der Waals surface area contributed by atoms with Crippen LogP contribution in [0.15, 0.2) is 18.2 Å². The van der Waals surface area contributed by atoms with E-state index < -0.39 is 0 Å². The summed E-state index contributed by atoms with van der Waals surface area (Å²) in [7, 11) is 0. The van der Waals surface area contributed by atoms with Crippen molar-refractivity contribution in [3.05, 3.63) is 46.4 Å². The van der Waals surface area contributed by atoms with Crippen LogP contribution < -0.4 is 5.32 Å². The zero-order valence-corrected chi connectivity index (χ0v) is 15.5. The summed E-state index contributed by atoms with van der Waals surface area (Å²) in [5.74, 6) is 1.28. The molecule has 1 fully saturated rings. The molecule has 1 aromatic carbocycles. The number of hydrogen-bond donors (Lipinski definition) is 1. The van der Waals surface area contributed by atoms with Gasteiger partial charge in [0.25, 0.3) is 5.91 Å². The van der Waals surface area contributed by atoms with Gasteiger partial charge in [-0.2, -0.15) is 0 Å². The molecular weight excluding hydrogens is 312 g/mol. The molecule has 3 rings (SSSR count). The van der Waals surface area contributed by atoms with Crippen LogP contribution in [0.25, 0.3) is 0 Å². The molecule has 5 nitrogen and oxygen atoms in total. The molecule has 0 unspecified atom stereocenters. The number of hydrogen-bond acceptors (Lipinski definition) is 4. The van der Waals surface area contributed by atoms with E-state index in [1.54, 1.807) is 6.07 Å². The number of aryl methyl sites for hydroxylation is 4. The summed E-state index contributed by atoms with van der Waals surface area (Å²) in [6.07, 6.45) is 3.34. The molecule has 1 aliphatic heterocycles. The molecule has 0 bridgehead atoms. The van der Waals surface area contributed by atoms with E-state index >= 15 is 0 Å². The topological polar surface area (TPSA) is 58.1 Å². The summed E-state index contributed by atoms with van der Waals surface area (Å²) in [6.45, 7) is 9.72. The van der Waals surface area contributed by atoms with Gasteiger partial charge >= 0.3 is 0 Å². The van der Waals surface area contributed by atoms with Crippen LogP contribution in [0.4, 0.5) is 11.5 Å². The van der Waals surface area contributed by atoms with Crippen molar-refractivity contribution in [1.29, 1.82) is 0 Å². The zero-order chi connectivity index (χ0) is 18.0. The Morgan fingerprint density at radius 3 is 2.24 bits per heavy atom. The van der Waals surface area contributed by atoms with Crippen molar-refractivity contribution in [1.82, 2.24) is 14.9 Å². The van der Waals surface area contributed by atoms with Gasteiger partial charge in [-0.25, -0.2) is 9.97 Å². The third kappa shape index (κ3) is 3.98. The Balaban J connectivity index is 1.88. The molecule has 0 aliphatic carbocycles. The average molecular weight is 338 g/mol. The molecule has 0 saturated carbocycles. The Bertz CT molecular complexity index is 771. The lowest BCUT2D eigenvalue weighted by molar-refractivity contribution is 0.0718. The van der Waals surface area contributed by atoms with Crippen molar-refractivity contribution in [3.63, 3.8) is 0 Å². The van der Waals surface area contributed by atoms with Gasteiger partial charge in [0.05, 0.1) is 0 Å². The highest BCUT2D eigenvalue weighted by atomic mass is 16.2. The molecule has 0 atom stereocenters. The van der Waals surface area contributed by atoms with Crippen molar-refractivity contribution < 1.29 is 4.79 Å². The van der Waals surface area contributed by atoms with Crippen molar-refractivity contribution >= 4 is 17.4 Å². The molecule has 5 heteroatoms. The van der Waals surface area contributed by atoms with E-state index in [9.17, 15) is 4.79 Å². The van der Waals surface area contributed by atoms with Crippen LogP contribution in [0.5, 0.6) is 0 Å². The molecule has 0 radical (unpaired) electrons. The number of nitrogens with one attached hydrogen (secondary N) is 1. The second-order valence-electron chi connectivity index (χ2n) is 6.94. The Labute approximate surface area is 149 Å². The Hall–Kier alpha value is -2.43. The van der Waals surface area contributed by atoms with Crippen LogP contribution in [0.2, 0.25) is 0 Å². The highest BCUT2D eigenvalue weighted by Crippen LogP contribution is 2.25. The maximum atomic E-state index is 12.7. The molecule has 1 saturated heterocycles. The summed E-state index contributed by atoms with van der Waals surface area (Å²) in [4.78, 5) is 23.5. The molecule has 132 valence electrons. The maximum Gasteiger partial charge on any atom is 0.272 e. The van der Waals surface area contributed by atoms with E-state index in [4.69, 9.17) is 0 Å². The quantitative estimate of drug-likeness (QED) is 0.916. The van der Waals surface area contributed by atoms with Gasteiger partial charge in [-0.05, 0) is 58.1 Å². The first-order valence-electron chi connectivity index (χ1n) is 8.94. The Morgan fingerprint density at radius 2 is 1.60 bits per heavy atom. The minimum atomic E-state index is 0.00519. The smallest absolute Gasteiger partial charge is 0.272 e. The fourth-order valence-corrected chi connectivity index (χ4v) is 3.51. The zero-order valence-electron chi connectivity index (χ0n) is 15.5. The van der Waals surface area contributed by atoms with E-state index in [2.05, 4.69) is 48.2 Å². The van der Waals surface area contributed by atoms with Crippen LogP contribution in [0, 0.1) is 27.7 Å². The normalized spacial score (nSPS) is 14.5. The monoisotopic (exact) mass is 338 g/mol. The number of benzene rings is 1. The third-order valence-electron chi connectivity index (χ3n) is 4.63. The molecule has 1 amide bonds. The first-order valence-corrected chi connectivity index (χ1v) is 8.94.